The van der Waals surface area contributed by atoms with Crippen LogP contribution in [0.2, 0.25) is 0 Å². The van der Waals surface area contributed by atoms with Crippen LogP contribution in [-0.4, -0.2) is 25.3 Å². The highest BCUT2D eigenvalue weighted by atomic mass is 16.5. The van der Waals surface area contributed by atoms with Crippen LogP contribution in [0.1, 0.15) is 11.4 Å². The molecule has 0 aliphatic rings. The lowest BCUT2D eigenvalue weighted by Gasteiger charge is -2.04. The Morgan fingerprint density at radius 1 is 1.44 bits per heavy atom. The minimum absolute atomic E-state index is 0.000588. The van der Waals surface area contributed by atoms with Crippen molar-refractivity contribution in [3.05, 3.63) is 35.7 Å². The number of tetrazole rings is 1. The summed E-state index contributed by atoms with van der Waals surface area (Å²) in [5, 5.41) is 20.4. The van der Waals surface area contributed by atoms with Crippen LogP contribution in [-0.2, 0) is 20.3 Å². The number of ether oxygens (including phenoxy) is 1. The molecule has 2 aromatic rings. The molecule has 1 aromatic carbocycles. The molecule has 0 saturated carbocycles. The lowest BCUT2D eigenvalue weighted by molar-refractivity contribution is 0.276. The van der Waals surface area contributed by atoms with E-state index in [-0.39, 0.29) is 13.2 Å². The Balaban J connectivity index is 1.99. The largest absolute Gasteiger partial charge is 0.485 e. The van der Waals surface area contributed by atoms with Crippen LogP contribution in [0.3, 0.4) is 0 Å². The summed E-state index contributed by atoms with van der Waals surface area (Å²) in [5.74, 6) is 1.20. The summed E-state index contributed by atoms with van der Waals surface area (Å²) in [4.78, 5) is 1.38. The number of rotatable bonds is 4. The zero-order chi connectivity index (χ0) is 11.4. The van der Waals surface area contributed by atoms with E-state index >= 15 is 0 Å². The molecule has 0 spiro atoms. The summed E-state index contributed by atoms with van der Waals surface area (Å²) in [6.07, 6.45) is 0. The van der Waals surface area contributed by atoms with E-state index in [1.54, 1.807) is 13.1 Å². The molecule has 84 valence electrons. The molecule has 0 saturated heterocycles. The van der Waals surface area contributed by atoms with Gasteiger partial charge in [0.1, 0.15) is 5.75 Å². The van der Waals surface area contributed by atoms with E-state index in [4.69, 9.17) is 9.84 Å². The predicted molar refractivity (Wildman–Crippen MR) is 55.5 cm³/mol. The number of aliphatic hydroxyl groups excluding tert-OH is 1. The summed E-state index contributed by atoms with van der Waals surface area (Å²) < 4.78 is 5.46. The molecule has 0 radical (unpaired) electrons. The first-order valence-electron chi connectivity index (χ1n) is 4.83. The fourth-order valence-corrected chi connectivity index (χ4v) is 1.26. The molecule has 6 nitrogen and oxygen atoms in total. The first-order chi connectivity index (χ1) is 7.78. The highest BCUT2D eigenvalue weighted by Gasteiger charge is 2.02. The van der Waals surface area contributed by atoms with Crippen molar-refractivity contribution < 1.29 is 9.84 Å². The Bertz CT molecular complexity index is 469. The maximum atomic E-state index is 8.96. The van der Waals surface area contributed by atoms with E-state index in [1.807, 2.05) is 18.2 Å². The average Bonchev–Trinajstić information content (AvgIpc) is 2.73. The number of aromatic nitrogens is 4. The summed E-state index contributed by atoms with van der Waals surface area (Å²) >= 11 is 0. The maximum absolute atomic E-state index is 8.96. The van der Waals surface area contributed by atoms with Gasteiger partial charge in [-0.15, -0.1) is 10.2 Å². The summed E-state index contributed by atoms with van der Waals surface area (Å²) in [5.41, 5.74) is 0.810. The van der Waals surface area contributed by atoms with Gasteiger partial charge in [0.05, 0.1) is 13.7 Å². The maximum Gasteiger partial charge on any atom is 0.212 e. The van der Waals surface area contributed by atoms with Gasteiger partial charge in [-0.3, -0.25) is 0 Å². The molecule has 2 rings (SSSR count). The minimum atomic E-state index is 0.000588. The molecule has 0 aliphatic carbocycles. The van der Waals surface area contributed by atoms with Gasteiger partial charge >= 0.3 is 0 Å². The molecule has 0 fully saturated rings. The van der Waals surface area contributed by atoms with Gasteiger partial charge in [-0.05, 0) is 22.9 Å². The molecule has 16 heavy (non-hydrogen) atoms. The summed E-state index contributed by atoms with van der Waals surface area (Å²) in [6.45, 7) is 0.267. The average molecular weight is 220 g/mol. The first-order valence-corrected chi connectivity index (χ1v) is 4.83. The van der Waals surface area contributed by atoms with E-state index < -0.39 is 0 Å². The lowest BCUT2D eigenvalue weighted by Crippen LogP contribution is -1.99. The van der Waals surface area contributed by atoms with Gasteiger partial charge in [-0.1, -0.05) is 12.1 Å². The number of aryl methyl sites for hydroxylation is 1. The number of nitrogens with zero attached hydrogens (tertiary/aromatic N) is 4. The van der Waals surface area contributed by atoms with Crippen LogP contribution in [0.25, 0.3) is 0 Å². The molecule has 0 atom stereocenters. The second kappa shape index (κ2) is 4.71. The number of hydrogen-bond acceptors (Lipinski definition) is 5. The number of aliphatic hydroxyl groups is 1. The Labute approximate surface area is 92.5 Å². The van der Waals surface area contributed by atoms with Gasteiger partial charge < -0.3 is 9.84 Å². The molecule has 1 aromatic heterocycles. The lowest BCUT2D eigenvalue weighted by atomic mass is 10.2. The van der Waals surface area contributed by atoms with Crippen molar-refractivity contribution in [1.82, 2.24) is 20.2 Å². The summed E-state index contributed by atoms with van der Waals surface area (Å²) in [6, 6.07) is 7.24. The Morgan fingerprint density at radius 3 is 3.00 bits per heavy atom. The fraction of sp³-hybridized carbons (Fsp3) is 0.300. The van der Waals surface area contributed by atoms with Crippen molar-refractivity contribution in [3.8, 4) is 5.75 Å². The van der Waals surface area contributed by atoms with Crippen LogP contribution in [0.15, 0.2) is 24.3 Å². The van der Waals surface area contributed by atoms with E-state index in [0.29, 0.717) is 11.6 Å². The number of hydrogen-bond donors (Lipinski definition) is 1. The molecule has 6 heteroatoms. The van der Waals surface area contributed by atoms with Crippen molar-refractivity contribution in [2.24, 2.45) is 7.05 Å². The van der Waals surface area contributed by atoms with E-state index in [2.05, 4.69) is 15.4 Å². The first kappa shape index (κ1) is 10.6. The van der Waals surface area contributed by atoms with Crippen molar-refractivity contribution in [2.45, 2.75) is 13.2 Å². The van der Waals surface area contributed by atoms with Crippen LogP contribution in [0.4, 0.5) is 0 Å². The van der Waals surface area contributed by atoms with E-state index in [1.165, 1.54) is 4.80 Å². The second-order valence-corrected chi connectivity index (χ2v) is 3.29. The second-order valence-electron chi connectivity index (χ2n) is 3.29. The standard InChI is InChI=1S/C10H12N4O2/c1-14-12-10(11-13-14)7-16-9-4-2-3-8(5-9)6-15/h2-5,15H,6-7H2,1H3. The Kier molecular flexibility index (Phi) is 3.11. The van der Waals surface area contributed by atoms with Gasteiger partial charge in [-0.2, -0.15) is 4.80 Å². The predicted octanol–water partition coefficient (Wildman–Crippen LogP) is 0.281. The fourth-order valence-electron chi connectivity index (χ4n) is 1.26. The third-order valence-electron chi connectivity index (χ3n) is 2.00. The van der Waals surface area contributed by atoms with Gasteiger partial charge in [0, 0.05) is 0 Å². The molecular weight excluding hydrogens is 208 g/mol. The molecule has 0 amide bonds. The van der Waals surface area contributed by atoms with Gasteiger partial charge in [0.25, 0.3) is 0 Å². The molecule has 0 bridgehead atoms. The smallest absolute Gasteiger partial charge is 0.212 e. The molecule has 0 aliphatic heterocycles. The van der Waals surface area contributed by atoms with Crippen LogP contribution >= 0.6 is 0 Å². The molecular formula is C10H12N4O2. The van der Waals surface area contributed by atoms with Crippen LogP contribution < -0.4 is 4.74 Å². The SMILES string of the molecule is Cn1nnc(COc2cccc(CO)c2)n1. The zero-order valence-corrected chi connectivity index (χ0v) is 8.87. The van der Waals surface area contributed by atoms with E-state index in [0.717, 1.165) is 5.56 Å². The third kappa shape index (κ3) is 2.54. The van der Waals surface area contributed by atoms with Crippen LogP contribution in [0.5, 0.6) is 5.75 Å². The van der Waals surface area contributed by atoms with Gasteiger partial charge in [-0.25, -0.2) is 0 Å². The van der Waals surface area contributed by atoms with Crippen molar-refractivity contribution in [1.29, 1.82) is 0 Å². The zero-order valence-electron chi connectivity index (χ0n) is 8.87. The van der Waals surface area contributed by atoms with E-state index in [9.17, 15) is 0 Å². The number of benzene rings is 1. The third-order valence-corrected chi connectivity index (χ3v) is 2.00. The topological polar surface area (TPSA) is 73.1 Å². The highest BCUT2D eigenvalue weighted by molar-refractivity contribution is 5.27. The monoisotopic (exact) mass is 220 g/mol. The quantitative estimate of drug-likeness (QED) is 0.801. The molecule has 0 unspecified atom stereocenters. The van der Waals surface area contributed by atoms with Gasteiger partial charge in [0.15, 0.2) is 6.61 Å². The Morgan fingerprint density at radius 2 is 2.31 bits per heavy atom. The van der Waals surface area contributed by atoms with Crippen LogP contribution in [0, 0.1) is 0 Å². The van der Waals surface area contributed by atoms with Crippen molar-refractivity contribution in [2.75, 3.05) is 0 Å². The normalized spacial score (nSPS) is 10.4. The Hall–Kier alpha value is -1.95. The van der Waals surface area contributed by atoms with Crippen molar-refractivity contribution in [3.63, 3.8) is 0 Å². The van der Waals surface area contributed by atoms with Crippen molar-refractivity contribution >= 4 is 0 Å². The molecule has 1 N–H and O–H groups in total. The highest BCUT2D eigenvalue weighted by Crippen LogP contribution is 2.14. The summed E-state index contributed by atoms with van der Waals surface area (Å²) in [7, 11) is 1.70. The van der Waals surface area contributed by atoms with Gasteiger partial charge in [0.2, 0.25) is 5.82 Å². The molecule has 1 heterocycles. The minimum Gasteiger partial charge on any atom is -0.485 e.